The van der Waals surface area contributed by atoms with E-state index in [4.69, 9.17) is 10.6 Å². The summed E-state index contributed by atoms with van der Waals surface area (Å²) >= 11 is 0. The first-order valence-electron chi connectivity index (χ1n) is 6.05. The number of ether oxygens (including phenoxy) is 1. The lowest BCUT2D eigenvalue weighted by Crippen LogP contribution is -2.35. The molecule has 0 spiro atoms. The summed E-state index contributed by atoms with van der Waals surface area (Å²) in [4.78, 5) is 0. The fourth-order valence-corrected chi connectivity index (χ4v) is 2.08. The van der Waals surface area contributed by atoms with Gasteiger partial charge in [0.25, 0.3) is 0 Å². The Morgan fingerprint density at radius 2 is 2.40 bits per heavy atom. The summed E-state index contributed by atoms with van der Waals surface area (Å²) in [5, 5.41) is 0. The van der Waals surface area contributed by atoms with Crippen molar-refractivity contribution in [1.82, 2.24) is 5.43 Å². The highest BCUT2D eigenvalue weighted by atomic mass is 16.5. The zero-order valence-electron chi connectivity index (χ0n) is 9.58. The highest BCUT2D eigenvalue weighted by molar-refractivity contribution is 4.73. The quantitative estimate of drug-likeness (QED) is 0.280. The van der Waals surface area contributed by atoms with Crippen LogP contribution in [0.3, 0.4) is 0 Å². The molecule has 0 bridgehead atoms. The van der Waals surface area contributed by atoms with E-state index in [0.29, 0.717) is 12.1 Å². The molecule has 1 heterocycles. The zero-order valence-corrected chi connectivity index (χ0v) is 9.58. The standard InChI is InChI=1S/C12H24N2O/c1-2-3-4-6-11(14-13)8-9-12-7-5-10-15-12/h2,11-12,14H,1,3-10,13H2. The molecular formula is C12H24N2O. The molecule has 1 saturated heterocycles. The van der Waals surface area contributed by atoms with Gasteiger partial charge in [-0.25, -0.2) is 0 Å². The molecule has 3 heteroatoms. The Balaban J connectivity index is 2.06. The first-order valence-corrected chi connectivity index (χ1v) is 6.05. The third-order valence-electron chi connectivity index (χ3n) is 3.06. The zero-order chi connectivity index (χ0) is 10.9. The smallest absolute Gasteiger partial charge is 0.0576 e. The number of allylic oxidation sites excluding steroid dienone is 1. The second kappa shape index (κ2) is 7.85. The van der Waals surface area contributed by atoms with Gasteiger partial charge in [0.05, 0.1) is 6.10 Å². The van der Waals surface area contributed by atoms with Crippen LogP contribution in [0.4, 0.5) is 0 Å². The van der Waals surface area contributed by atoms with E-state index in [9.17, 15) is 0 Å². The first kappa shape index (κ1) is 12.7. The number of nitrogens with two attached hydrogens (primary N) is 1. The van der Waals surface area contributed by atoms with E-state index in [2.05, 4.69) is 12.0 Å². The van der Waals surface area contributed by atoms with Gasteiger partial charge in [-0.2, -0.15) is 0 Å². The fraction of sp³-hybridized carbons (Fsp3) is 0.833. The molecule has 1 fully saturated rings. The molecule has 1 rings (SSSR count). The summed E-state index contributed by atoms with van der Waals surface area (Å²) in [6.07, 6.45) is 10.6. The van der Waals surface area contributed by atoms with Gasteiger partial charge in [0.1, 0.15) is 0 Å². The van der Waals surface area contributed by atoms with Crippen molar-refractivity contribution < 1.29 is 4.74 Å². The average Bonchev–Trinajstić information content (AvgIpc) is 2.76. The maximum absolute atomic E-state index is 5.59. The Bertz CT molecular complexity index is 167. The number of nitrogens with one attached hydrogen (secondary N) is 1. The molecule has 0 amide bonds. The van der Waals surface area contributed by atoms with Crippen LogP contribution >= 0.6 is 0 Å². The van der Waals surface area contributed by atoms with E-state index in [1.165, 1.54) is 19.3 Å². The second-order valence-corrected chi connectivity index (χ2v) is 4.30. The number of hydrazine groups is 1. The Labute approximate surface area is 93.0 Å². The molecule has 0 aromatic heterocycles. The molecule has 1 aliphatic rings. The molecule has 2 atom stereocenters. The summed E-state index contributed by atoms with van der Waals surface area (Å²) in [5.74, 6) is 5.52. The van der Waals surface area contributed by atoms with Crippen molar-refractivity contribution in [1.29, 1.82) is 0 Å². The lowest BCUT2D eigenvalue weighted by molar-refractivity contribution is 0.0992. The SMILES string of the molecule is C=CCCCC(CCC1CCCO1)NN. The van der Waals surface area contributed by atoms with E-state index in [1.807, 2.05) is 6.08 Å². The predicted octanol–water partition coefficient (Wildman–Crippen LogP) is 2.13. The van der Waals surface area contributed by atoms with Crippen molar-refractivity contribution in [3.63, 3.8) is 0 Å². The highest BCUT2D eigenvalue weighted by Crippen LogP contribution is 2.18. The van der Waals surface area contributed by atoms with E-state index in [-0.39, 0.29) is 0 Å². The number of hydrogen-bond donors (Lipinski definition) is 2. The largest absolute Gasteiger partial charge is 0.378 e. The monoisotopic (exact) mass is 212 g/mol. The van der Waals surface area contributed by atoms with Gasteiger partial charge in [-0.05, 0) is 44.9 Å². The minimum atomic E-state index is 0.439. The van der Waals surface area contributed by atoms with Crippen molar-refractivity contribution in [2.75, 3.05) is 6.61 Å². The maximum Gasteiger partial charge on any atom is 0.0576 e. The summed E-state index contributed by atoms with van der Waals surface area (Å²) in [6, 6.07) is 0.439. The van der Waals surface area contributed by atoms with Crippen LogP contribution in [0, 0.1) is 0 Å². The summed E-state index contributed by atoms with van der Waals surface area (Å²) in [6.45, 7) is 4.67. The van der Waals surface area contributed by atoms with Crippen LogP contribution in [-0.2, 0) is 4.74 Å². The molecule has 15 heavy (non-hydrogen) atoms. The first-order chi connectivity index (χ1) is 7.36. The van der Waals surface area contributed by atoms with Crippen molar-refractivity contribution in [3.05, 3.63) is 12.7 Å². The fourth-order valence-electron chi connectivity index (χ4n) is 2.08. The highest BCUT2D eigenvalue weighted by Gasteiger charge is 2.17. The van der Waals surface area contributed by atoms with Gasteiger partial charge in [0.15, 0.2) is 0 Å². The predicted molar refractivity (Wildman–Crippen MR) is 63.4 cm³/mol. The van der Waals surface area contributed by atoms with Gasteiger partial charge < -0.3 is 4.74 Å². The minimum Gasteiger partial charge on any atom is -0.378 e. The summed E-state index contributed by atoms with van der Waals surface area (Å²) in [5.41, 5.74) is 2.90. The molecule has 88 valence electrons. The van der Waals surface area contributed by atoms with Gasteiger partial charge in [0, 0.05) is 12.6 Å². The second-order valence-electron chi connectivity index (χ2n) is 4.30. The van der Waals surface area contributed by atoms with Crippen LogP contribution in [0.2, 0.25) is 0 Å². The Hall–Kier alpha value is -0.380. The van der Waals surface area contributed by atoms with E-state index in [0.717, 1.165) is 32.3 Å². The van der Waals surface area contributed by atoms with E-state index in [1.54, 1.807) is 0 Å². The third-order valence-corrected chi connectivity index (χ3v) is 3.06. The Morgan fingerprint density at radius 1 is 1.53 bits per heavy atom. The van der Waals surface area contributed by atoms with Crippen LogP contribution in [0.25, 0.3) is 0 Å². The van der Waals surface area contributed by atoms with Crippen molar-refractivity contribution >= 4 is 0 Å². The van der Waals surface area contributed by atoms with E-state index >= 15 is 0 Å². The van der Waals surface area contributed by atoms with Crippen LogP contribution in [-0.4, -0.2) is 18.8 Å². The maximum atomic E-state index is 5.59. The van der Waals surface area contributed by atoms with Gasteiger partial charge in [-0.15, -0.1) is 6.58 Å². The minimum absolute atomic E-state index is 0.439. The molecule has 0 aromatic rings. The topological polar surface area (TPSA) is 47.3 Å². The van der Waals surface area contributed by atoms with E-state index < -0.39 is 0 Å². The van der Waals surface area contributed by atoms with Gasteiger partial charge >= 0.3 is 0 Å². The van der Waals surface area contributed by atoms with Gasteiger partial charge in [-0.3, -0.25) is 11.3 Å². The molecule has 0 aliphatic carbocycles. The Morgan fingerprint density at radius 3 is 3.00 bits per heavy atom. The van der Waals surface area contributed by atoms with Crippen LogP contribution in [0.15, 0.2) is 12.7 Å². The Kier molecular flexibility index (Phi) is 6.64. The molecular weight excluding hydrogens is 188 g/mol. The van der Waals surface area contributed by atoms with Gasteiger partial charge in [-0.1, -0.05) is 6.08 Å². The molecule has 0 saturated carbocycles. The molecule has 2 unspecified atom stereocenters. The third kappa shape index (κ3) is 5.30. The number of unbranched alkanes of at least 4 members (excludes halogenated alkanes) is 1. The van der Waals surface area contributed by atoms with Crippen molar-refractivity contribution in [2.45, 2.75) is 57.1 Å². The summed E-state index contributed by atoms with van der Waals surface area (Å²) < 4.78 is 5.59. The normalized spacial score (nSPS) is 22.9. The molecule has 0 radical (unpaired) electrons. The van der Waals surface area contributed by atoms with Crippen LogP contribution in [0.5, 0.6) is 0 Å². The summed E-state index contributed by atoms with van der Waals surface area (Å²) in [7, 11) is 0. The lowest BCUT2D eigenvalue weighted by atomic mass is 10.0. The molecule has 1 aliphatic heterocycles. The molecule has 0 aromatic carbocycles. The molecule has 3 N–H and O–H groups in total. The van der Waals surface area contributed by atoms with Crippen LogP contribution in [0.1, 0.15) is 44.9 Å². The van der Waals surface area contributed by atoms with Crippen LogP contribution < -0.4 is 11.3 Å². The lowest BCUT2D eigenvalue weighted by Gasteiger charge is -2.17. The molecule has 3 nitrogen and oxygen atoms in total. The number of rotatable bonds is 8. The average molecular weight is 212 g/mol. The van der Waals surface area contributed by atoms with Crippen molar-refractivity contribution in [3.8, 4) is 0 Å². The number of hydrogen-bond acceptors (Lipinski definition) is 3. The van der Waals surface area contributed by atoms with Crippen molar-refractivity contribution in [2.24, 2.45) is 5.84 Å². The van der Waals surface area contributed by atoms with Gasteiger partial charge in [0.2, 0.25) is 0 Å².